The zero-order valence-electron chi connectivity index (χ0n) is 13.2. The van der Waals surface area contributed by atoms with Gasteiger partial charge in [-0.05, 0) is 31.4 Å². The summed E-state index contributed by atoms with van der Waals surface area (Å²) in [7, 11) is 1.79. The molecule has 2 aromatic rings. The van der Waals surface area contributed by atoms with Crippen molar-refractivity contribution >= 4 is 5.91 Å². The van der Waals surface area contributed by atoms with Gasteiger partial charge in [-0.3, -0.25) is 9.48 Å². The molecule has 1 amide bonds. The van der Waals surface area contributed by atoms with Gasteiger partial charge >= 0.3 is 0 Å². The molecule has 112 valence electrons. The maximum absolute atomic E-state index is 12.6. The lowest BCUT2D eigenvalue weighted by Crippen LogP contribution is -2.44. The molecule has 0 aliphatic rings. The lowest BCUT2D eigenvalue weighted by atomic mass is 9.87. The zero-order valence-corrected chi connectivity index (χ0v) is 13.2. The minimum absolute atomic E-state index is 0.0766. The Morgan fingerprint density at radius 3 is 2.52 bits per heavy atom. The van der Waals surface area contributed by atoms with E-state index in [1.54, 1.807) is 17.9 Å². The molecule has 0 saturated heterocycles. The van der Waals surface area contributed by atoms with Crippen LogP contribution in [-0.2, 0) is 12.6 Å². The van der Waals surface area contributed by atoms with E-state index in [2.05, 4.69) is 36.4 Å². The Bertz CT molecular complexity index is 599. The quantitative estimate of drug-likeness (QED) is 0.917. The average Bonchev–Trinajstić information content (AvgIpc) is 2.79. The SMILES string of the molecule is CCCC(C)(NC(=O)c1c(C)cnn1C)c1ccccc1. The zero-order chi connectivity index (χ0) is 15.5. The van der Waals surface area contributed by atoms with E-state index in [0.29, 0.717) is 5.69 Å². The second-order valence-corrected chi connectivity index (χ2v) is 5.70. The van der Waals surface area contributed by atoms with E-state index in [4.69, 9.17) is 0 Å². The van der Waals surface area contributed by atoms with Crippen LogP contribution in [0.4, 0.5) is 0 Å². The van der Waals surface area contributed by atoms with Gasteiger partial charge in [0.05, 0.1) is 11.7 Å². The predicted molar refractivity (Wildman–Crippen MR) is 84.1 cm³/mol. The monoisotopic (exact) mass is 285 g/mol. The first-order valence-electron chi connectivity index (χ1n) is 7.34. The Morgan fingerprint density at radius 1 is 1.33 bits per heavy atom. The molecule has 1 aromatic heterocycles. The van der Waals surface area contributed by atoms with Crippen molar-refractivity contribution in [2.75, 3.05) is 0 Å². The van der Waals surface area contributed by atoms with Gasteiger partial charge in [0.1, 0.15) is 5.69 Å². The van der Waals surface area contributed by atoms with Crippen LogP contribution >= 0.6 is 0 Å². The molecule has 1 aromatic carbocycles. The number of nitrogens with one attached hydrogen (secondary N) is 1. The van der Waals surface area contributed by atoms with Crippen molar-refractivity contribution < 1.29 is 4.79 Å². The van der Waals surface area contributed by atoms with Gasteiger partial charge < -0.3 is 5.32 Å². The van der Waals surface area contributed by atoms with Crippen molar-refractivity contribution in [3.05, 3.63) is 53.3 Å². The smallest absolute Gasteiger partial charge is 0.270 e. The van der Waals surface area contributed by atoms with Crippen LogP contribution in [0.25, 0.3) is 0 Å². The van der Waals surface area contributed by atoms with Gasteiger partial charge in [-0.25, -0.2) is 0 Å². The fourth-order valence-electron chi connectivity index (χ4n) is 2.77. The Balaban J connectivity index is 2.31. The maximum atomic E-state index is 12.6. The number of carbonyl (C=O) groups excluding carboxylic acids is 1. The number of rotatable bonds is 5. The van der Waals surface area contributed by atoms with Crippen LogP contribution in [0.3, 0.4) is 0 Å². The summed E-state index contributed by atoms with van der Waals surface area (Å²) in [4.78, 5) is 12.6. The number of benzene rings is 1. The predicted octanol–water partition coefficient (Wildman–Crippen LogP) is 3.17. The molecule has 4 heteroatoms. The molecule has 0 radical (unpaired) electrons. The molecule has 0 saturated carbocycles. The molecule has 1 unspecified atom stereocenters. The minimum Gasteiger partial charge on any atom is -0.341 e. The summed E-state index contributed by atoms with van der Waals surface area (Å²) in [6, 6.07) is 10.1. The number of hydrogen-bond acceptors (Lipinski definition) is 2. The lowest BCUT2D eigenvalue weighted by molar-refractivity contribution is 0.0889. The highest BCUT2D eigenvalue weighted by Gasteiger charge is 2.29. The number of aryl methyl sites for hydroxylation is 2. The molecule has 21 heavy (non-hydrogen) atoms. The highest BCUT2D eigenvalue weighted by molar-refractivity contribution is 5.94. The van der Waals surface area contributed by atoms with Gasteiger partial charge in [-0.15, -0.1) is 0 Å². The van der Waals surface area contributed by atoms with Gasteiger partial charge in [0.15, 0.2) is 0 Å². The van der Waals surface area contributed by atoms with E-state index in [9.17, 15) is 4.79 Å². The lowest BCUT2D eigenvalue weighted by Gasteiger charge is -2.31. The van der Waals surface area contributed by atoms with Gasteiger partial charge in [0.25, 0.3) is 5.91 Å². The van der Waals surface area contributed by atoms with Crippen molar-refractivity contribution in [3.63, 3.8) is 0 Å². The number of carbonyl (C=O) groups is 1. The normalized spacial score (nSPS) is 13.7. The van der Waals surface area contributed by atoms with Crippen molar-refractivity contribution in [2.24, 2.45) is 7.05 Å². The molecular formula is C17H23N3O. The summed E-state index contributed by atoms with van der Waals surface area (Å²) in [6.07, 6.45) is 3.60. The molecule has 1 atom stereocenters. The van der Waals surface area contributed by atoms with E-state index in [-0.39, 0.29) is 11.4 Å². The third-order valence-electron chi connectivity index (χ3n) is 3.89. The summed E-state index contributed by atoms with van der Waals surface area (Å²) in [5.41, 5.74) is 2.26. The number of hydrogen-bond donors (Lipinski definition) is 1. The standard InChI is InChI=1S/C17H23N3O/c1-5-11-17(3,14-9-7-6-8-10-14)19-16(21)15-13(2)12-18-20(15)4/h6-10,12H,5,11H2,1-4H3,(H,19,21). The van der Waals surface area contributed by atoms with E-state index in [1.807, 2.05) is 25.1 Å². The first-order chi connectivity index (χ1) is 9.98. The van der Waals surface area contributed by atoms with Crippen molar-refractivity contribution in [1.29, 1.82) is 0 Å². The highest BCUT2D eigenvalue weighted by atomic mass is 16.2. The molecule has 4 nitrogen and oxygen atoms in total. The van der Waals surface area contributed by atoms with Gasteiger partial charge in [0.2, 0.25) is 0 Å². The van der Waals surface area contributed by atoms with E-state index in [0.717, 1.165) is 24.0 Å². The fourth-order valence-corrected chi connectivity index (χ4v) is 2.77. The summed E-state index contributed by atoms with van der Waals surface area (Å²) in [6.45, 7) is 6.11. The third kappa shape index (κ3) is 3.15. The molecular weight excluding hydrogens is 262 g/mol. The van der Waals surface area contributed by atoms with Crippen LogP contribution in [0.1, 0.15) is 48.3 Å². The number of nitrogens with zero attached hydrogens (tertiary/aromatic N) is 2. The highest BCUT2D eigenvalue weighted by Crippen LogP contribution is 2.26. The first-order valence-corrected chi connectivity index (χ1v) is 7.34. The van der Waals surface area contributed by atoms with Crippen molar-refractivity contribution in [2.45, 2.75) is 39.2 Å². The van der Waals surface area contributed by atoms with Crippen LogP contribution in [-0.4, -0.2) is 15.7 Å². The summed E-state index contributed by atoms with van der Waals surface area (Å²) >= 11 is 0. The Morgan fingerprint density at radius 2 is 2.00 bits per heavy atom. The topological polar surface area (TPSA) is 46.9 Å². The van der Waals surface area contributed by atoms with E-state index < -0.39 is 0 Å². The van der Waals surface area contributed by atoms with Gasteiger partial charge in [-0.2, -0.15) is 5.10 Å². The second-order valence-electron chi connectivity index (χ2n) is 5.70. The second kappa shape index (κ2) is 6.12. The van der Waals surface area contributed by atoms with E-state index in [1.165, 1.54) is 0 Å². The average molecular weight is 285 g/mol. The van der Waals surface area contributed by atoms with Crippen molar-refractivity contribution in [1.82, 2.24) is 15.1 Å². The molecule has 2 rings (SSSR count). The number of aromatic nitrogens is 2. The van der Waals surface area contributed by atoms with Crippen LogP contribution in [0.5, 0.6) is 0 Å². The van der Waals surface area contributed by atoms with Crippen LogP contribution < -0.4 is 5.32 Å². The van der Waals surface area contributed by atoms with Crippen LogP contribution in [0.15, 0.2) is 36.5 Å². The Kier molecular flexibility index (Phi) is 4.46. The largest absolute Gasteiger partial charge is 0.341 e. The molecule has 0 spiro atoms. The van der Waals surface area contributed by atoms with Gasteiger partial charge in [0, 0.05) is 7.05 Å². The molecule has 0 aliphatic carbocycles. The summed E-state index contributed by atoms with van der Waals surface area (Å²) in [5, 5.41) is 7.34. The van der Waals surface area contributed by atoms with Gasteiger partial charge in [-0.1, -0.05) is 43.7 Å². The minimum atomic E-state index is -0.371. The number of amides is 1. The Hall–Kier alpha value is -2.10. The summed E-state index contributed by atoms with van der Waals surface area (Å²) < 4.78 is 1.63. The fraction of sp³-hybridized carbons (Fsp3) is 0.412. The summed E-state index contributed by atoms with van der Waals surface area (Å²) in [5.74, 6) is -0.0766. The van der Waals surface area contributed by atoms with E-state index >= 15 is 0 Å². The molecule has 1 heterocycles. The van der Waals surface area contributed by atoms with Crippen LogP contribution in [0, 0.1) is 6.92 Å². The molecule has 0 aliphatic heterocycles. The van der Waals surface area contributed by atoms with Crippen LogP contribution in [0.2, 0.25) is 0 Å². The molecule has 0 fully saturated rings. The van der Waals surface area contributed by atoms with Crippen molar-refractivity contribution in [3.8, 4) is 0 Å². The third-order valence-corrected chi connectivity index (χ3v) is 3.89. The Labute approximate surface area is 126 Å². The molecule has 1 N–H and O–H groups in total. The maximum Gasteiger partial charge on any atom is 0.270 e. The molecule has 0 bridgehead atoms. The first kappa shape index (κ1) is 15.3.